The van der Waals surface area contributed by atoms with E-state index >= 15 is 0 Å². The zero-order valence-corrected chi connectivity index (χ0v) is 14.8. The normalized spacial score (nSPS) is 14.3. The van der Waals surface area contributed by atoms with Crippen molar-refractivity contribution in [2.24, 2.45) is 0 Å². The highest BCUT2D eigenvalue weighted by molar-refractivity contribution is 5.88. The molecule has 0 aromatic heterocycles. The van der Waals surface area contributed by atoms with E-state index in [2.05, 4.69) is 0 Å². The summed E-state index contributed by atoms with van der Waals surface area (Å²) >= 11 is 0. The van der Waals surface area contributed by atoms with Crippen molar-refractivity contribution in [1.82, 2.24) is 14.7 Å². The highest BCUT2D eigenvalue weighted by Crippen LogP contribution is 2.11. The Balaban J connectivity index is 1.90. The number of aromatic carboxylic acids is 1. The molecular formula is C18H25N3O4. The Morgan fingerprint density at radius 3 is 2.20 bits per heavy atom. The minimum atomic E-state index is -1.00. The lowest BCUT2D eigenvalue weighted by Crippen LogP contribution is -2.54. The number of benzene rings is 1. The van der Waals surface area contributed by atoms with Gasteiger partial charge in [0, 0.05) is 39.3 Å². The Morgan fingerprint density at radius 2 is 1.64 bits per heavy atom. The number of urea groups is 1. The van der Waals surface area contributed by atoms with Crippen LogP contribution in [0.3, 0.4) is 0 Å². The van der Waals surface area contributed by atoms with Gasteiger partial charge in [0.05, 0.1) is 12.0 Å². The smallest absolute Gasteiger partial charge is 0.335 e. The number of hydrogen-bond acceptors (Lipinski definition) is 3. The van der Waals surface area contributed by atoms with Crippen LogP contribution in [0, 0.1) is 0 Å². The lowest BCUT2D eigenvalue weighted by atomic mass is 10.1. The molecule has 2 rings (SSSR count). The average Bonchev–Trinajstić information content (AvgIpc) is 2.63. The molecular weight excluding hydrogens is 322 g/mol. The first-order valence-corrected chi connectivity index (χ1v) is 8.60. The molecule has 1 saturated heterocycles. The fourth-order valence-corrected chi connectivity index (χ4v) is 2.94. The Morgan fingerprint density at radius 1 is 1.04 bits per heavy atom. The predicted octanol–water partition coefficient (Wildman–Crippen LogP) is 1.53. The Kier molecular flexibility index (Phi) is 6.38. The van der Waals surface area contributed by atoms with Crippen LogP contribution < -0.4 is 0 Å². The van der Waals surface area contributed by atoms with Crippen molar-refractivity contribution in [2.45, 2.75) is 20.3 Å². The van der Waals surface area contributed by atoms with Gasteiger partial charge in [0.25, 0.3) is 0 Å². The summed E-state index contributed by atoms with van der Waals surface area (Å²) in [4.78, 5) is 41.1. The first kappa shape index (κ1) is 18.8. The molecule has 0 radical (unpaired) electrons. The Hall–Kier alpha value is -2.57. The largest absolute Gasteiger partial charge is 0.478 e. The molecule has 7 nitrogen and oxygen atoms in total. The SMILES string of the molecule is CCN(CC)C(=O)N1CCN(C(=O)Cc2cccc(C(=O)O)c2)CC1. The summed E-state index contributed by atoms with van der Waals surface area (Å²) in [5.74, 6) is -1.05. The summed E-state index contributed by atoms with van der Waals surface area (Å²) < 4.78 is 0. The van der Waals surface area contributed by atoms with E-state index < -0.39 is 5.97 Å². The summed E-state index contributed by atoms with van der Waals surface area (Å²) in [7, 11) is 0. The van der Waals surface area contributed by atoms with Crippen LogP contribution in [0.15, 0.2) is 24.3 Å². The van der Waals surface area contributed by atoms with Crippen LogP contribution in [-0.2, 0) is 11.2 Å². The average molecular weight is 347 g/mol. The van der Waals surface area contributed by atoms with Crippen molar-refractivity contribution in [1.29, 1.82) is 0 Å². The lowest BCUT2D eigenvalue weighted by molar-refractivity contribution is -0.131. The minimum absolute atomic E-state index is 0.0197. The van der Waals surface area contributed by atoms with Gasteiger partial charge in [-0.1, -0.05) is 12.1 Å². The van der Waals surface area contributed by atoms with Gasteiger partial charge in [-0.05, 0) is 31.5 Å². The molecule has 0 saturated carbocycles. The standard InChI is InChI=1S/C18H25N3O4/c1-3-19(4-2)18(25)21-10-8-20(9-11-21)16(22)13-14-6-5-7-15(12-14)17(23)24/h5-7,12H,3-4,8-11,13H2,1-2H3,(H,23,24). The van der Waals surface area contributed by atoms with Gasteiger partial charge in [0.15, 0.2) is 0 Å². The molecule has 3 amide bonds. The maximum Gasteiger partial charge on any atom is 0.335 e. The van der Waals surface area contributed by atoms with Gasteiger partial charge >= 0.3 is 12.0 Å². The van der Waals surface area contributed by atoms with Crippen molar-refractivity contribution in [3.8, 4) is 0 Å². The first-order chi connectivity index (χ1) is 12.0. The molecule has 25 heavy (non-hydrogen) atoms. The van der Waals surface area contributed by atoms with Gasteiger partial charge < -0.3 is 19.8 Å². The van der Waals surface area contributed by atoms with Crippen molar-refractivity contribution in [3.05, 3.63) is 35.4 Å². The third-order valence-corrected chi connectivity index (χ3v) is 4.47. The lowest BCUT2D eigenvalue weighted by Gasteiger charge is -2.37. The number of piperazine rings is 1. The molecule has 0 spiro atoms. The summed E-state index contributed by atoms with van der Waals surface area (Å²) in [6.45, 7) is 7.31. The zero-order valence-electron chi connectivity index (χ0n) is 14.8. The second kappa shape index (κ2) is 8.50. The second-order valence-corrected chi connectivity index (χ2v) is 6.01. The van der Waals surface area contributed by atoms with Crippen LogP contribution in [0.4, 0.5) is 4.79 Å². The van der Waals surface area contributed by atoms with Crippen LogP contribution in [0.5, 0.6) is 0 Å². The van der Waals surface area contributed by atoms with E-state index in [9.17, 15) is 14.4 Å². The summed E-state index contributed by atoms with van der Waals surface area (Å²) in [5.41, 5.74) is 0.867. The maximum atomic E-state index is 12.4. The van der Waals surface area contributed by atoms with Crippen molar-refractivity contribution in [3.63, 3.8) is 0 Å². The molecule has 0 bridgehead atoms. The van der Waals surface area contributed by atoms with E-state index in [-0.39, 0.29) is 23.9 Å². The third kappa shape index (κ3) is 4.71. The number of rotatable bonds is 5. The van der Waals surface area contributed by atoms with Gasteiger partial charge in [-0.2, -0.15) is 0 Å². The van der Waals surface area contributed by atoms with Crippen LogP contribution in [0.25, 0.3) is 0 Å². The number of nitrogens with zero attached hydrogens (tertiary/aromatic N) is 3. The van der Waals surface area contributed by atoms with E-state index in [0.717, 1.165) is 0 Å². The quantitative estimate of drug-likeness (QED) is 0.876. The predicted molar refractivity (Wildman–Crippen MR) is 93.6 cm³/mol. The number of carboxylic acids is 1. The molecule has 136 valence electrons. The van der Waals surface area contributed by atoms with Crippen LogP contribution in [-0.4, -0.2) is 77.0 Å². The summed E-state index contributed by atoms with van der Waals surface area (Å²) in [6.07, 6.45) is 0.172. The third-order valence-electron chi connectivity index (χ3n) is 4.47. The molecule has 1 N–H and O–H groups in total. The molecule has 1 fully saturated rings. The van der Waals surface area contributed by atoms with Crippen molar-refractivity contribution in [2.75, 3.05) is 39.3 Å². The molecule has 1 heterocycles. The highest BCUT2D eigenvalue weighted by atomic mass is 16.4. The van der Waals surface area contributed by atoms with Crippen molar-refractivity contribution < 1.29 is 19.5 Å². The van der Waals surface area contributed by atoms with Gasteiger partial charge in [-0.25, -0.2) is 9.59 Å². The first-order valence-electron chi connectivity index (χ1n) is 8.60. The summed E-state index contributed by atoms with van der Waals surface area (Å²) in [6, 6.07) is 6.46. The molecule has 1 aromatic carbocycles. The topological polar surface area (TPSA) is 81.2 Å². The van der Waals surface area contributed by atoms with E-state index in [1.165, 1.54) is 12.1 Å². The van der Waals surface area contributed by atoms with Crippen LogP contribution >= 0.6 is 0 Å². The van der Waals surface area contributed by atoms with Crippen LogP contribution in [0.2, 0.25) is 0 Å². The molecule has 0 atom stereocenters. The van der Waals surface area contributed by atoms with Gasteiger partial charge in [-0.15, -0.1) is 0 Å². The van der Waals surface area contributed by atoms with Crippen LogP contribution in [0.1, 0.15) is 29.8 Å². The fraction of sp³-hybridized carbons (Fsp3) is 0.500. The fourth-order valence-electron chi connectivity index (χ4n) is 2.94. The van der Waals surface area contributed by atoms with E-state index in [1.54, 1.807) is 26.8 Å². The Bertz CT molecular complexity index is 635. The number of carbonyl (C=O) groups is 3. The maximum absolute atomic E-state index is 12.4. The van der Waals surface area contributed by atoms with E-state index in [4.69, 9.17) is 5.11 Å². The van der Waals surface area contributed by atoms with Gasteiger partial charge in [-0.3, -0.25) is 4.79 Å². The number of hydrogen-bond donors (Lipinski definition) is 1. The minimum Gasteiger partial charge on any atom is -0.478 e. The van der Waals surface area contributed by atoms with Gasteiger partial charge in [0.1, 0.15) is 0 Å². The number of carbonyl (C=O) groups excluding carboxylic acids is 2. The molecule has 1 aromatic rings. The molecule has 0 unspecified atom stereocenters. The van der Waals surface area contributed by atoms with E-state index in [0.29, 0.717) is 44.8 Å². The molecule has 7 heteroatoms. The molecule has 0 aliphatic carbocycles. The number of amides is 3. The van der Waals surface area contributed by atoms with Gasteiger partial charge in [0.2, 0.25) is 5.91 Å². The highest BCUT2D eigenvalue weighted by Gasteiger charge is 2.26. The molecule has 1 aliphatic rings. The second-order valence-electron chi connectivity index (χ2n) is 6.01. The monoisotopic (exact) mass is 347 g/mol. The summed E-state index contributed by atoms with van der Waals surface area (Å²) in [5, 5.41) is 9.02. The number of carboxylic acid groups (broad SMARTS) is 1. The van der Waals surface area contributed by atoms with E-state index in [1.807, 2.05) is 13.8 Å². The zero-order chi connectivity index (χ0) is 18.4. The Labute approximate surface area is 147 Å². The molecule has 1 aliphatic heterocycles. The van der Waals surface area contributed by atoms with Crippen molar-refractivity contribution >= 4 is 17.9 Å².